The fourth-order valence-electron chi connectivity index (χ4n) is 4.07. The van der Waals surface area contributed by atoms with Gasteiger partial charge in [0.15, 0.2) is 5.79 Å². The van der Waals surface area contributed by atoms with Crippen molar-refractivity contribution < 1.29 is 31.8 Å². The predicted molar refractivity (Wildman–Crippen MR) is 116 cm³/mol. The molecule has 0 radical (unpaired) electrons. The summed E-state index contributed by atoms with van der Waals surface area (Å²) in [6, 6.07) is 1.28. The summed E-state index contributed by atoms with van der Waals surface area (Å²) >= 11 is 6.05. The molecule has 0 unspecified atom stereocenters. The highest BCUT2D eigenvalue weighted by Gasteiger charge is 2.39. The number of rotatable bonds is 2. The van der Waals surface area contributed by atoms with Crippen molar-refractivity contribution in [2.45, 2.75) is 31.2 Å². The quantitative estimate of drug-likeness (QED) is 0.614. The van der Waals surface area contributed by atoms with Crippen molar-refractivity contribution in [3.8, 4) is 5.69 Å². The number of carbonyl (C=O) groups is 1. The molecule has 0 atom stereocenters. The van der Waals surface area contributed by atoms with Gasteiger partial charge in [-0.05, 0) is 18.6 Å². The molecule has 1 aromatic heterocycles. The summed E-state index contributed by atoms with van der Waals surface area (Å²) < 4.78 is 65.9. The van der Waals surface area contributed by atoms with E-state index in [4.69, 9.17) is 21.1 Å². The fourth-order valence-corrected chi connectivity index (χ4v) is 4.27. The van der Waals surface area contributed by atoms with Gasteiger partial charge in [-0.3, -0.25) is 9.36 Å². The first-order valence-electron chi connectivity index (χ1n) is 10.7. The number of ether oxygens (including phenoxy) is 2. The van der Waals surface area contributed by atoms with Gasteiger partial charge in [0.2, 0.25) is 0 Å². The van der Waals surface area contributed by atoms with Crippen LogP contribution in [0.2, 0.25) is 5.02 Å². The fraction of sp³-hybridized carbons (Fsp3) is 0.476. The maximum absolute atomic E-state index is 14.7. The zero-order valence-corrected chi connectivity index (χ0v) is 19.2. The van der Waals surface area contributed by atoms with Gasteiger partial charge in [-0.1, -0.05) is 11.6 Å². The normalized spacial score (nSPS) is 18.1. The van der Waals surface area contributed by atoms with Crippen molar-refractivity contribution in [3.05, 3.63) is 55.6 Å². The number of aromatic nitrogens is 2. The van der Waals surface area contributed by atoms with Crippen molar-refractivity contribution >= 4 is 23.3 Å². The van der Waals surface area contributed by atoms with Crippen LogP contribution < -0.4 is 16.6 Å². The minimum absolute atomic E-state index is 0.132. The summed E-state index contributed by atoms with van der Waals surface area (Å²) in [4.78, 5) is 39.1. The van der Waals surface area contributed by atoms with Gasteiger partial charge in [-0.2, -0.15) is 13.2 Å². The van der Waals surface area contributed by atoms with Crippen LogP contribution in [0, 0.1) is 5.82 Å². The van der Waals surface area contributed by atoms with Gasteiger partial charge in [0.1, 0.15) is 11.5 Å². The Morgan fingerprint density at radius 2 is 1.74 bits per heavy atom. The second-order valence-corrected chi connectivity index (χ2v) is 8.61. The van der Waals surface area contributed by atoms with Crippen molar-refractivity contribution in [3.63, 3.8) is 0 Å². The molecule has 2 saturated heterocycles. The van der Waals surface area contributed by atoms with Crippen LogP contribution in [0.5, 0.6) is 0 Å². The van der Waals surface area contributed by atoms with E-state index in [1.54, 1.807) is 0 Å². The summed E-state index contributed by atoms with van der Waals surface area (Å²) in [7, 11) is 0.806. The molecular formula is C21H21ClF4N4O5. The van der Waals surface area contributed by atoms with E-state index in [-0.39, 0.29) is 25.9 Å². The first kappa shape index (κ1) is 25.2. The first-order valence-corrected chi connectivity index (χ1v) is 11.0. The Bertz CT molecular complexity index is 1260. The Labute approximate surface area is 200 Å². The number of halogens is 5. The zero-order chi connectivity index (χ0) is 25.5. The van der Waals surface area contributed by atoms with Gasteiger partial charge < -0.3 is 19.7 Å². The van der Waals surface area contributed by atoms with Crippen LogP contribution >= 0.6 is 11.6 Å². The van der Waals surface area contributed by atoms with Gasteiger partial charge in [0.05, 0.1) is 29.6 Å². The van der Waals surface area contributed by atoms with E-state index in [0.717, 1.165) is 25.6 Å². The van der Waals surface area contributed by atoms with Crippen LogP contribution in [0.15, 0.2) is 27.8 Å². The number of hydrogen-bond donors (Lipinski definition) is 1. The number of alkyl halides is 3. The Morgan fingerprint density at radius 1 is 1.11 bits per heavy atom. The molecule has 14 heteroatoms. The van der Waals surface area contributed by atoms with Crippen LogP contribution in [0.4, 0.5) is 28.0 Å². The standard InChI is InChI=1S/C21H21ClF4N4O5/c1-28-16(21(24,25)26)11-17(31)30(19(28)33)15-10-14(12(22)9-13(15)23)27-18(32)29-5-3-20(4-6-29)34-7-2-8-35-20/h9-11H,2-8H2,1H3,(H,27,32). The molecule has 0 saturated carbocycles. The lowest BCUT2D eigenvalue weighted by molar-refractivity contribution is -0.281. The number of piperidine rings is 1. The largest absolute Gasteiger partial charge is 0.431 e. The molecule has 2 aromatic rings. The molecule has 9 nitrogen and oxygen atoms in total. The van der Waals surface area contributed by atoms with Crippen molar-refractivity contribution in [1.29, 1.82) is 0 Å². The molecule has 2 aliphatic heterocycles. The topological polar surface area (TPSA) is 94.8 Å². The third-order valence-corrected chi connectivity index (χ3v) is 6.27. The smallest absolute Gasteiger partial charge is 0.350 e. The highest BCUT2D eigenvalue weighted by atomic mass is 35.5. The van der Waals surface area contributed by atoms with Crippen LogP contribution in [0.25, 0.3) is 5.69 Å². The molecule has 2 amide bonds. The molecule has 1 aromatic carbocycles. The van der Waals surface area contributed by atoms with E-state index in [1.807, 2.05) is 0 Å². The summed E-state index contributed by atoms with van der Waals surface area (Å²) in [5.41, 5.74) is -5.09. The number of anilines is 1. The second kappa shape index (κ2) is 9.28. The van der Waals surface area contributed by atoms with Crippen molar-refractivity contribution in [2.24, 2.45) is 7.05 Å². The summed E-state index contributed by atoms with van der Waals surface area (Å²) in [6.45, 7) is 1.75. The van der Waals surface area contributed by atoms with E-state index in [9.17, 15) is 31.9 Å². The van der Waals surface area contributed by atoms with Gasteiger partial charge in [0, 0.05) is 39.0 Å². The van der Waals surface area contributed by atoms with Crippen LogP contribution in [-0.4, -0.2) is 52.2 Å². The number of hydrogen-bond acceptors (Lipinski definition) is 5. The lowest BCUT2D eigenvalue weighted by atomic mass is 10.0. The zero-order valence-electron chi connectivity index (χ0n) is 18.5. The molecule has 1 N–H and O–H groups in total. The van der Waals surface area contributed by atoms with Gasteiger partial charge in [-0.25, -0.2) is 18.5 Å². The van der Waals surface area contributed by atoms with E-state index in [0.29, 0.717) is 39.1 Å². The Balaban J connectivity index is 1.60. The number of amides is 2. The van der Waals surface area contributed by atoms with Gasteiger partial charge in [0.25, 0.3) is 5.56 Å². The molecule has 1 spiro atoms. The molecule has 190 valence electrons. The molecule has 3 heterocycles. The third kappa shape index (κ3) is 4.93. The van der Waals surface area contributed by atoms with Crippen molar-refractivity contribution in [1.82, 2.24) is 14.0 Å². The minimum Gasteiger partial charge on any atom is -0.350 e. The Hall–Kier alpha value is -2.90. The van der Waals surface area contributed by atoms with E-state index >= 15 is 0 Å². The number of carbonyl (C=O) groups excluding carboxylic acids is 1. The van der Waals surface area contributed by atoms with E-state index in [1.165, 1.54) is 4.90 Å². The molecular weight excluding hydrogens is 500 g/mol. The highest BCUT2D eigenvalue weighted by molar-refractivity contribution is 6.33. The molecule has 0 aliphatic carbocycles. The average Bonchev–Trinajstić information content (AvgIpc) is 2.79. The van der Waals surface area contributed by atoms with Crippen LogP contribution in [-0.2, 0) is 22.7 Å². The summed E-state index contributed by atoms with van der Waals surface area (Å²) in [5.74, 6) is -1.86. The summed E-state index contributed by atoms with van der Waals surface area (Å²) in [6.07, 6.45) is -3.29. The Kier molecular flexibility index (Phi) is 6.68. The van der Waals surface area contributed by atoms with Gasteiger partial charge >= 0.3 is 17.9 Å². The van der Waals surface area contributed by atoms with E-state index in [2.05, 4.69) is 5.32 Å². The maximum Gasteiger partial charge on any atom is 0.431 e. The second-order valence-electron chi connectivity index (χ2n) is 8.20. The van der Waals surface area contributed by atoms with E-state index < -0.39 is 46.4 Å². The summed E-state index contributed by atoms with van der Waals surface area (Å²) in [5, 5.41) is 2.27. The highest BCUT2D eigenvalue weighted by Crippen LogP contribution is 2.32. The average molecular weight is 521 g/mol. The predicted octanol–water partition coefficient (Wildman–Crippen LogP) is 3.11. The molecule has 2 aliphatic rings. The maximum atomic E-state index is 14.7. The minimum atomic E-state index is -4.97. The lowest BCUT2D eigenvalue weighted by Crippen LogP contribution is -2.52. The lowest BCUT2D eigenvalue weighted by Gasteiger charge is -2.43. The SMILES string of the molecule is Cn1c(C(F)(F)F)cc(=O)n(-c2cc(NC(=O)N3CCC4(CC3)OCCCO4)c(Cl)cc2F)c1=O. The van der Waals surface area contributed by atoms with Crippen molar-refractivity contribution in [2.75, 3.05) is 31.6 Å². The van der Waals surface area contributed by atoms with Gasteiger partial charge in [-0.15, -0.1) is 0 Å². The molecule has 2 fully saturated rings. The number of urea groups is 1. The number of nitrogens with zero attached hydrogens (tertiary/aromatic N) is 3. The number of nitrogens with one attached hydrogen (secondary N) is 1. The number of benzene rings is 1. The number of likely N-dealkylation sites (tertiary alicyclic amines) is 1. The third-order valence-electron chi connectivity index (χ3n) is 5.96. The Morgan fingerprint density at radius 3 is 2.34 bits per heavy atom. The monoisotopic (exact) mass is 520 g/mol. The van der Waals surface area contributed by atoms with Crippen LogP contribution in [0.3, 0.4) is 0 Å². The molecule has 4 rings (SSSR count). The first-order chi connectivity index (χ1) is 16.4. The van der Waals surface area contributed by atoms with Crippen LogP contribution in [0.1, 0.15) is 25.0 Å². The molecule has 35 heavy (non-hydrogen) atoms. The molecule has 0 bridgehead atoms.